The SMILES string of the molecule is Cc1nc2c(C(N)=O)cnn2c(C)c1CCC(=O)N1CCN(c2ccccc2)CC1. The molecule has 3 aromatic rings. The van der Waals surface area contributed by atoms with Crippen molar-refractivity contribution in [2.24, 2.45) is 5.73 Å². The zero-order valence-corrected chi connectivity index (χ0v) is 17.3. The summed E-state index contributed by atoms with van der Waals surface area (Å²) in [5, 5.41) is 4.25. The van der Waals surface area contributed by atoms with Gasteiger partial charge in [0.1, 0.15) is 5.56 Å². The van der Waals surface area contributed by atoms with Gasteiger partial charge in [-0.25, -0.2) is 9.50 Å². The lowest BCUT2D eigenvalue weighted by molar-refractivity contribution is -0.131. The molecule has 0 unspecified atom stereocenters. The number of hydrogen-bond donors (Lipinski definition) is 1. The fourth-order valence-corrected chi connectivity index (χ4v) is 4.09. The summed E-state index contributed by atoms with van der Waals surface area (Å²) in [5.74, 6) is -0.395. The van der Waals surface area contributed by atoms with Crippen LogP contribution < -0.4 is 10.6 Å². The number of rotatable bonds is 5. The molecule has 156 valence electrons. The van der Waals surface area contributed by atoms with Gasteiger partial charge in [0.25, 0.3) is 5.91 Å². The first-order chi connectivity index (χ1) is 14.5. The molecule has 30 heavy (non-hydrogen) atoms. The number of aryl methyl sites for hydroxylation is 2. The first kappa shape index (κ1) is 19.9. The number of para-hydroxylation sites is 1. The number of nitrogens with zero attached hydrogens (tertiary/aromatic N) is 5. The summed E-state index contributed by atoms with van der Waals surface area (Å²) in [5.41, 5.74) is 10.0. The molecule has 1 aromatic carbocycles. The van der Waals surface area contributed by atoms with Crippen LogP contribution in [0.4, 0.5) is 5.69 Å². The van der Waals surface area contributed by atoms with Crippen molar-refractivity contribution in [3.63, 3.8) is 0 Å². The molecule has 0 saturated carbocycles. The summed E-state index contributed by atoms with van der Waals surface area (Å²) in [4.78, 5) is 33.1. The average Bonchev–Trinajstić information content (AvgIpc) is 3.18. The number of aromatic nitrogens is 3. The van der Waals surface area contributed by atoms with Gasteiger partial charge in [-0.15, -0.1) is 0 Å². The van der Waals surface area contributed by atoms with Gasteiger partial charge in [-0.2, -0.15) is 5.10 Å². The second-order valence-electron chi connectivity index (χ2n) is 7.62. The fraction of sp³-hybridized carbons (Fsp3) is 0.364. The van der Waals surface area contributed by atoms with Crippen LogP contribution in [0.15, 0.2) is 36.5 Å². The van der Waals surface area contributed by atoms with Crippen LogP contribution in [-0.4, -0.2) is 57.5 Å². The standard InChI is InChI=1S/C22H26N6O2/c1-15-18(16(2)28-22(25-15)19(14-24-28)21(23)30)8-9-20(29)27-12-10-26(11-13-27)17-6-4-3-5-7-17/h3-7,14H,8-13H2,1-2H3,(H2,23,30). The van der Waals surface area contributed by atoms with E-state index in [1.165, 1.54) is 11.9 Å². The fourth-order valence-electron chi connectivity index (χ4n) is 4.09. The van der Waals surface area contributed by atoms with Crippen LogP contribution in [0.3, 0.4) is 0 Å². The number of carbonyl (C=O) groups excluding carboxylic acids is 2. The van der Waals surface area contributed by atoms with Gasteiger partial charge in [-0.1, -0.05) is 18.2 Å². The predicted octanol–water partition coefficient (Wildman–Crippen LogP) is 1.73. The zero-order valence-electron chi connectivity index (χ0n) is 17.3. The first-order valence-corrected chi connectivity index (χ1v) is 10.2. The molecule has 1 aliphatic rings. The molecule has 1 aliphatic heterocycles. The molecule has 8 heteroatoms. The summed E-state index contributed by atoms with van der Waals surface area (Å²) < 4.78 is 1.63. The lowest BCUT2D eigenvalue weighted by atomic mass is 10.1. The molecule has 0 spiro atoms. The Morgan fingerprint density at radius 2 is 1.77 bits per heavy atom. The smallest absolute Gasteiger partial charge is 0.254 e. The van der Waals surface area contributed by atoms with Gasteiger partial charge in [0.2, 0.25) is 5.91 Å². The van der Waals surface area contributed by atoms with Gasteiger partial charge in [0.05, 0.1) is 6.20 Å². The molecular formula is C22H26N6O2. The molecule has 0 bridgehead atoms. The topological polar surface area (TPSA) is 96.8 Å². The van der Waals surface area contributed by atoms with Crippen LogP contribution in [0, 0.1) is 13.8 Å². The van der Waals surface area contributed by atoms with E-state index in [0.29, 0.717) is 24.1 Å². The maximum Gasteiger partial charge on any atom is 0.254 e. The normalized spacial score (nSPS) is 14.3. The Kier molecular flexibility index (Phi) is 5.39. The quantitative estimate of drug-likeness (QED) is 0.696. The maximum atomic E-state index is 12.8. The molecule has 2 amide bonds. The number of amides is 2. The number of carbonyl (C=O) groups is 2. The monoisotopic (exact) mass is 406 g/mol. The van der Waals surface area contributed by atoms with E-state index in [1.54, 1.807) is 4.52 Å². The number of fused-ring (bicyclic) bond motifs is 1. The highest BCUT2D eigenvalue weighted by molar-refractivity contribution is 5.98. The second kappa shape index (κ2) is 8.14. The van der Waals surface area contributed by atoms with Gasteiger partial charge in [0.15, 0.2) is 5.65 Å². The lowest BCUT2D eigenvalue weighted by Gasteiger charge is -2.36. The zero-order chi connectivity index (χ0) is 21.3. The number of primary amides is 1. The minimum Gasteiger partial charge on any atom is -0.368 e. The largest absolute Gasteiger partial charge is 0.368 e. The van der Waals surface area contributed by atoms with Crippen LogP contribution in [0.2, 0.25) is 0 Å². The number of hydrogen-bond acceptors (Lipinski definition) is 5. The van der Waals surface area contributed by atoms with Crippen molar-refractivity contribution in [2.75, 3.05) is 31.1 Å². The van der Waals surface area contributed by atoms with Crippen LogP contribution in [-0.2, 0) is 11.2 Å². The van der Waals surface area contributed by atoms with Crippen molar-refractivity contribution >= 4 is 23.1 Å². The minimum absolute atomic E-state index is 0.153. The van der Waals surface area contributed by atoms with Gasteiger partial charge < -0.3 is 15.5 Å². The molecule has 0 atom stereocenters. The molecular weight excluding hydrogens is 380 g/mol. The summed E-state index contributed by atoms with van der Waals surface area (Å²) in [6.45, 7) is 6.95. The van der Waals surface area contributed by atoms with E-state index in [0.717, 1.165) is 43.1 Å². The average molecular weight is 406 g/mol. The Morgan fingerprint density at radius 1 is 1.07 bits per heavy atom. The van der Waals surface area contributed by atoms with Crippen LogP contribution >= 0.6 is 0 Å². The summed E-state index contributed by atoms with van der Waals surface area (Å²) in [6, 6.07) is 10.3. The van der Waals surface area contributed by atoms with Crippen LogP contribution in [0.1, 0.15) is 33.7 Å². The van der Waals surface area contributed by atoms with Gasteiger partial charge in [-0.05, 0) is 38.0 Å². The Bertz CT molecular complexity index is 1080. The number of nitrogens with two attached hydrogens (primary N) is 1. The molecule has 1 saturated heterocycles. The number of anilines is 1. The summed E-state index contributed by atoms with van der Waals surface area (Å²) >= 11 is 0. The van der Waals surface area contributed by atoms with E-state index in [9.17, 15) is 9.59 Å². The summed E-state index contributed by atoms with van der Waals surface area (Å²) in [6.07, 6.45) is 2.45. The third kappa shape index (κ3) is 3.72. The Hall–Kier alpha value is -3.42. The van der Waals surface area contributed by atoms with Crippen molar-refractivity contribution in [3.8, 4) is 0 Å². The van der Waals surface area contributed by atoms with Gasteiger partial charge >= 0.3 is 0 Å². The molecule has 3 heterocycles. The lowest BCUT2D eigenvalue weighted by Crippen LogP contribution is -2.48. The third-order valence-corrected chi connectivity index (χ3v) is 5.82. The highest BCUT2D eigenvalue weighted by Crippen LogP contribution is 2.20. The highest BCUT2D eigenvalue weighted by atomic mass is 16.2. The van der Waals surface area contributed by atoms with E-state index in [-0.39, 0.29) is 5.91 Å². The molecule has 0 aliphatic carbocycles. The Balaban J connectivity index is 1.41. The Morgan fingerprint density at radius 3 is 2.43 bits per heavy atom. The van der Waals surface area contributed by atoms with Crippen molar-refractivity contribution in [1.29, 1.82) is 0 Å². The molecule has 2 N–H and O–H groups in total. The van der Waals surface area contributed by atoms with Crippen molar-refractivity contribution in [2.45, 2.75) is 26.7 Å². The van der Waals surface area contributed by atoms with Crippen molar-refractivity contribution in [1.82, 2.24) is 19.5 Å². The molecule has 8 nitrogen and oxygen atoms in total. The minimum atomic E-state index is -0.547. The third-order valence-electron chi connectivity index (χ3n) is 5.82. The Labute approximate surface area is 175 Å². The van der Waals surface area contributed by atoms with E-state index in [2.05, 4.69) is 27.1 Å². The molecule has 0 radical (unpaired) electrons. The second-order valence-corrected chi connectivity index (χ2v) is 7.62. The van der Waals surface area contributed by atoms with Gasteiger partial charge in [-0.3, -0.25) is 9.59 Å². The molecule has 4 rings (SSSR count). The maximum absolute atomic E-state index is 12.8. The number of benzene rings is 1. The van der Waals surface area contributed by atoms with Gasteiger partial charge in [0, 0.05) is 49.7 Å². The molecule has 1 fully saturated rings. The number of piperazine rings is 1. The van der Waals surface area contributed by atoms with Crippen LogP contribution in [0.25, 0.3) is 5.65 Å². The van der Waals surface area contributed by atoms with E-state index in [4.69, 9.17) is 5.73 Å². The van der Waals surface area contributed by atoms with E-state index >= 15 is 0 Å². The van der Waals surface area contributed by atoms with Crippen molar-refractivity contribution in [3.05, 3.63) is 59.0 Å². The highest BCUT2D eigenvalue weighted by Gasteiger charge is 2.22. The predicted molar refractivity (Wildman–Crippen MR) is 115 cm³/mol. The van der Waals surface area contributed by atoms with Crippen LogP contribution in [0.5, 0.6) is 0 Å². The van der Waals surface area contributed by atoms with E-state index in [1.807, 2.05) is 36.9 Å². The van der Waals surface area contributed by atoms with E-state index < -0.39 is 5.91 Å². The van der Waals surface area contributed by atoms with Crippen molar-refractivity contribution < 1.29 is 9.59 Å². The summed E-state index contributed by atoms with van der Waals surface area (Å²) in [7, 11) is 0. The molecule has 2 aromatic heterocycles. The first-order valence-electron chi connectivity index (χ1n) is 10.2.